The van der Waals surface area contributed by atoms with Gasteiger partial charge >= 0.3 is 0 Å². The van der Waals surface area contributed by atoms with Gasteiger partial charge in [-0.15, -0.1) is 0 Å². The van der Waals surface area contributed by atoms with E-state index in [0.717, 1.165) is 16.2 Å². The average molecular weight is 353 g/mol. The summed E-state index contributed by atoms with van der Waals surface area (Å²) >= 11 is 7.31. The van der Waals surface area contributed by atoms with Crippen LogP contribution in [0.5, 0.6) is 5.75 Å². The van der Waals surface area contributed by atoms with Gasteiger partial charge in [0.1, 0.15) is 5.75 Å². The lowest BCUT2D eigenvalue weighted by Crippen LogP contribution is -2.31. The maximum atomic E-state index is 11.5. The number of nitrogens with zero attached hydrogens (tertiary/aromatic N) is 1. The molecule has 0 saturated heterocycles. The highest BCUT2D eigenvalue weighted by Gasteiger charge is 2.13. The fourth-order valence-corrected chi connectivity index (χ4v) is 2.97. The first-order chi connectivity index (χ1) is 11.1. The predicted molar refractivity (Wildman–Crippen MR) is 90.6 cm³/mol. The van der Waals surface area contributed by atoms with Crippen LogP contribution in [-0.2, 0) is 11.3 Å². The minimum Gasteiger partial charge on any atom is -0.497 e. The number of ether oxygens (including phenoxy) is 1. The van der Waals surface area contributed by atoms with E-state index in [1.54, 1.807) is 24.7 Å². The zero-order valence-corrected chi connectivity index (χ0v) is 14.1. The van der Waals surface area contributed by atoms with E-state index in [2.05, 4.69) is 0 Å². The Bertz CT molecular complexity index is 635. The van der Waals surface area contributed by atoms with Crippen molar-refractivity contribution in [3.8, 4) is 5.75 Å². The van der Waals surface area contributed by atoms with Gasteiger partial charge in [-0.3, -0.25) is 10.0 Å². The Hall–Kier alpha value is -1.73. The molecule has 0 bridgehead atoms. The van der Waals surface area contributed by atoms with Gasteiger partial charge in [-0.05, 0) is 53.9 Å². The molecule has 0 fully saturated rings. The van der Waals surface area contributed by atoms with Crippen molar-refractivity contribution in [3.05, 3.63) is 59.1 Å². The Morgan fingerprint density at radius 1 is 1.22 bits per heavy atom. The van der Waals surface area contributed by atoms with E-state index in [9.17, 15) is 4.79 Å². The lowest BCUT2D eigenvalue weighted by molar-refractivity contribution is -0.129. The van der Waals surface area contributed by atoms with Crippen molar-refractivity contribution in [1.82, 2.24) is 9.79 Å². The van der Waals surface area contributed by atoms with Crippen LogP contribution in [0.3, 0.4) is 0 Å². The van der Waals surface area contributed by atoms with Crippen molar-refractivity contribution in [2.45, 2.75) is 11.4 Å². The van der Waals surface area contributed by atoms with Crippen molar-refractivity contribution >= 4 is 29.5 Å². The number of hydroxylamine groups is 1. The van der Waals surface area contributed by atoms with Gasteiger partial charge in [-0.2, -0.15) is 0 Å². The third-order valence-electron chi connectivity index (χ3n) is 3.01. The molecule has 2 aromatic rings. The first-order valence-electron chi connectivity index (χ1n) is 6.85. The van der Waals surface area contributed by atoms with Crippen LogP contribution < -0.4 is 10.2 Å². The van der Waals surface area contributed by atoms with Gasteiger partial charge in [0.2, 0.25) is 0 Å². The first kappa shape index (κ1) is 17.6. The molecule has 122 valence electrons. The van der Waals surface area contributed by atoms with Crippen LogP contribution in [0.2, 0.25) is 5.02 Å². The lowest BCUT2D eigenvalue weighted by atomic mass is 10.2. The highest BCUT2D eigenvalue weighted by Crippen LogP contribution is 2.26. The summed E-state index contributed by atoms with van der Waals surface area (Å²) in [5.41, 5.74) is 2.67. The van der Waals surface area contributed by atoms with Crippen molar-refractivity contribution in [3.63, 3.8) is 0 Å². The second-order valence-corrected chi connectivity index (χ2v) is 6.33. The molecule has 0 aliphatic carbocycles. The van der Waals surface area contributed by atoms with E-state index >= 15 is 0 Å². The molecule has 2 N–H and O–H groups in total. The Morgan fingerprint density at radius 2 is 1.87 bits per heavy atom. The number of methoxy groups -OCH3 is 1. The van der Waals surface area contributed by atoms with Crippen LogP contribution in [0.4, 0.5) is 0 Å². The molecule has 2 rings (SSSR count). The van der Waals surface area contributed by atoms with E-state index in [4.69, 9.17) is 21.5 Å². The Balaban J connectivity index is 2.09. The summed E-state index contributed by atoms with van der Waals surface area (Å²) in [6, 6.07) is 15.0. The number of halogens is 1. The predicted octanol–water partition coefficient (Wildman–Crippen LogP) is 3.36. The highest BCUT2D eigenvalue weighted by atomic mass is 35.5. The molecule has 0 saturated carbocycles. The molecule has 0 heterocycles. The minimum absolute atomic E-state index is 0.0514. The fourth-order valence-electron chi connectivity index (χ4n) is 1.90. The normalized spacial score (nSPS) is 10.6. The molecule has 7 heteroatoms. The van der Waals surface area contributed by atoms with E-state index in [-0.39, 0.29) is 6.54 Å². The Kier molecular flexibility index (Phi) is 6.73. The van der Waals surface area contributed by atoms with Crippen LogP contribution in [-0.4, -0.2) is 29.1 Å². The van der Waals surface area contributed by atoms with Gasteiger partial charge in [-0.1, -0.05) is 23.7 Å². The van der Waals surface area contributed by atoms with Gasteiger partial charge in [0.05, 0.1) is 13.7 Å². The molecule has 0 atom stereocenters. The maximum Gasteiger partial charge on any atom is 0.258 e. The van der Waals surface area contributed by atoms with Gasteiger partial charge in [-0.25, -0.2) is 9.79 Å². The van der Waals surface area contributed by atoms with Gasteiger partial charge in [0, 0.05) is 16.5 Å². The number of amides is 1. The van der Waals surface area contributed by atoms with Crippen LogP contribution in [0.15, 0.2) is 53.4 Å². The van der Waals surface area contributed by atoms with Gasteiger partial charge in [0.15, 0.2) is 0 Å². The zero-order chi connectivity index (χ0) is 16.7. The van der Waals surface area contributed by atoms with E-state index < -0.39 is 5.91 Å². The third-order valence-corrected chi connectivity index (χ3v) is 4.26. The smallest absolute Gasteiger partial charge is 0.258 e. The van der Waals surface area contributed by atoms with E-state index in [1.807, 2.05) is 40.7 Å². The summed E-state index contributed by atoms with van der Waals surface area (Å²) in [5.74, 6) is 0.298. The van der Waals surface area contributed by atoms with Crippen molar-refractivity contribution < 1.29 is 14.7 Å². The average Bonchev–Trinajstić information content (AvgIpc) is 2.57. The number of benzene rings is 2. The Morgan fingerprint density at radius 3 is 2.43 bits per heavy atom. The first-order valence-corrected chi connectivity index (χ1v) is 8.00. The van der Waals surface area contributed by atoms with Crippen molar-refractivity contribution in [2.75, 3.05) is 13.7 Å². The van der Waals surface area contributed by atoms with Crippen LogP contribution in [0.1, 0.15) is 5.56 Å². The van der Waals surface area contributed by atoms with Gasteiger partial charge < -0.3 is 4.74 Å². The zero-order valence-electron chi connectivity index (χ0n) is 12.5. The number of carbonyl (C=O) groups excluding carboxylic acids is 1. The molecule has 0 aliphatic heterocycles. The largest absolute Gasteiger partial charge is 0.497 e. The van der Waals surface area contributed by atoms with E-state index in [0.29, 0.717) is 11.6 Å². The summed E-state index contributed by atoms with van der Waals surface area (Å²) in [6.45, 7) is 0.580. The summed E-state index contributed by atoms with van der Waals surface area (Å²) in [4.78, 5) is 12.5. The minimum atomic E-state index is -0.472. The third kappa shape index (κ3) is 5.76. The lowest BCUT2D eigenvalue weighted by Gasteiger charge is -2.20. The SMILES string of the molecule is COc1ccc(SN(CC(=O)NO)Cc2ccc(Cl)cc2)cc1. The number of hydrogen-bond donors (Lipinski definition) is 2. The number of nitrogens with one attached hydrogen (secondary N) is 1. The molecular formula is C16H17ClN2O3S. The molecular weight excluding hydrogens is 336 g/mol. The highest BCUT2D eigenvalue weighted by molar-refractivity contribution is 7.97. The summed E-state index contributed by atoms with van der Waals surface area (Å²) < 4.78 is 6.97. The topological polar surface area (TPSA) is 61.8 Å². The molecule has 5 nitrogen and oxygen atoms in total. The van der Waals surface area contributed by atoms with Crippen molar-refractivity contribution in [1.29, 1.82) is 0 Å². The monoisotopic (exact) mass is 352 g/mol. The molecule has 1 amide bonds. The summed E-state index contributed by atoms with van der Waals surface area (Å²) in [6.07, 6.45) is 0. The Labute approximate surface area is 144 Å². The van der Waals surface area contributed by atoms with Crippen molar-refractivity contribution in [2.24, 2.45) is 0 Å². The van der Waals surface area contributed by atoms with Crippen LogP contribution >= 0.6 is 23.5 Å². The van der Waals surface area contributed by atoms with Crippen LogP contribution in [0.25, 0.3) is 0 Å². The molecule has 23 heavy (non-hydrogen) atoms. The molecule has 0 unspecified atom stereocenters. The molecule has 0 aromatic heterocycles. The molecule has 0 radical (unpaired) electrons. The number of rotatable bonds is 7. The number of carbonyl (C=O) groups is 1. The standard InChI is InChI=1S/C16H17ClN2O3S/c1-22-14-6-8-15(9-7-14)23-19(11-16(20)18-21)10-12-2-4-13(17)5-3-12/h2-9,21H,10-11H2,1H3,(H,18,20). The maximum absolute atomic E-state index is 11.5. The number of hydrogen-bond acceptors (Lipinski definition) is 5. The second kappa shape index (κ2) is 8.79. The summed E-state index contributed by atoms with van der Waals surface area (Å²) in [5, 5.41) is 9.41. The molecule has 0 aliphatic rings. The molecule has 2 aromatic carbocycles. The van der Waals surface area contributed by atoms with Crippen LogP contribution in [0, 0.1) is 0 Å². The quantitative estimate of drug-likeness (QED) is 0.454. The van der Waals surface area contributed by atoms with Gasteiger partial charge in [0.25, 0.3) is 5.91 Å². The molecule has 0 spiro atoms. The summed E-state index contributed by atoms with van der Waals surface area (Å²) in [7, 11) is 1.61. The fraction of sp³-hybridized carbons (Fsp3) is 0.188. The van der Waals surface area contributed by atoms with E-state index in [1.165, 1.54) is 11.9 Å². The second-order valence-electron chi connectivity index (χ2n) is 4.73.